The Balaban J connectivity index is 2.85. The van der Waals surface area contributed by atoms with Crippen molar-refractivity contribution in [2.45, 2.75) is 19.9 Å². The van der Waals surface area contributed by atoms with Crippen molar-refractivity contribution in [2.75, 3.05) is 18.6 Å². The molecule has 0 saturated heterocycles. The van der Waals surface area contributed by atoms with Gasteiger partial charge in [0.2, 0.25) is 0 Å². The second kappa shape index (κ2) is 6.03. The van der Waals surface area contributed by atoms with Crippen LogP contribution < -0.4 is 10.5 Å². The third-order valence-corrected chi connectivity index (χ3v) is 3.29. The van der Waals surface area contributed by atoms with Crippen LogP contribution in [0.5, 0.6) is 5.75 Å². The maximum absolute atomic E-state index is 6.13. The summed E-state index contributed by atoms with van der Waals surface area (Å²) in [6.07, 6.45) is 0. The fourth-order valence-corrected chi connectivity index (χ4v) is 2.15. The monoisotopic (exact) mass is 225 g/mol. The lowest BCUT2D eigenvalue weighted by molar-refractivity contribution is 0.407. The molecule has 0 aliphatic heterocycles. The van der Waals surface area contributed by atoms with E-state index in [0.717, 1.165) is 22.8 Å². The lowest BCUT2D eigenvalue weighted by atomic mass is 10.1. The molecule has 0 amide bonds. The van der Waals surface area contributed by atoms with Gasteiger partial charge in [0.05, 0.1) is 7.11 Å². The van der Waals surface area contributed by atoms with Gasteiger partial charge in [0, 0.05) is 17.4 Å². The molecule has 0 spiro atoms. The second-order valence-electron chi connectivity index (χ2n) is 3.51. The molecule has 0 heterocycles. The Labute approximate surface area is 96.2 Å². The molecule has 1 unspecified atom stereocenters. The Morgan fingerprint density at radius 1 is 1.47 bits per heavy atom. The minimum Gasteiger partial charge on any atom is -0.496 e. The Hall–Kier alpha value is -0.670. The first kappa shape index (κ1) is 12.4. The number of ether oxygens (including phenoxy) is 1. The Bertz CT molecular complexity index is 314. The number of hydrogen-bond donors (Lipinski definition) is 1. The summed E-state index contributed by atoms with van der Waals surface area (Å²) >= 11 is 1.86. The second-order valence-corrected chi connectivity index (χ2v) is 4.83. The van der Waals surface area contributed by atoms with E-state index in [9.17, 15) is 0 Å². The number of aryl methyl sites for hydroxylation is 1. The molecule has 3 heteroatoms. The number of methoxy groups -OCH3 is 1. The van der Waals surface area contributed by atoms with Crippen molar-refractivity contribution in [1.29, 1.82) is 0 Å². The molecule has 2 N–H and O–H groups in total. The summed E-state index contributed by atoms with van der Waals surface area (Å²) in [5.41, 5.74) is 8.46. The highest BCUT2D eigenvalue weighted by Gasteiger charge is 2.11. The number of rotatable bonds is 5. The normalized spacial score (nSPS) is 12.5. The molecule has 0 aromatic heterocycles. The van der Waals surface area contributed by atoms with Gasteiger partial charge in [-0.3, -0.25) is 0 Å². The molecule has 1 rings (SSSR count). The number of nitrogens with two attached hydrogens (primary N) is 1. The van der Waals surface area contributed by atoms with Crippen molar-refractivity contribution >= 4 is 11.8 Å². The highest BCUT2D eigenvalue weighted by atomic mass is 32.2. The van der Waals surface area contributed by atoms with Gasteiger partial charge in [-0.1, -0.05) is 24.6 Å². The first-order valence-corrected chi connectivity index (χ1v) is 6.32. The molecule has 0 radical (unpaired) electrons. The molecular weight excluding hydrogens is 206 g/mol. The van der Waals surface area contributed by atoms with Crippen LogP contribution >= 0.6 is 11.8 Å². The topological polar surface area (TPSA) is 35.2 Å². The SMILES string of the molecule is CCSCC(N)c1cc(C)ccc1OC. The van der Waals surface area contributed by atoms with Gasteiger partial charge in [0.1, 0.15) is 5.75 Å². The van der Waals surface area contributed by atoms with Gasteiger partial charge in [0.25, 0.3) is 0 Å². The molecule has 84 valence electrons. The van der Waals surface area contributed by atoms with Gasteiger partial charge in [-0.2, -0.15) is 11.8 Å². The molecule has 15 heavy (non-hydrogen) atoms. The quantitative estimate of drug-likeness (QED) is 0.837. The van der Waals surface area contributed by atoms with E-state index in [2.05, 4.69) is 19.9 Å². The van der Waals surface area contributed by atoms with Gasteiger partial charge in [0.15, 0.2) is 0 Å². The van der Waals surface area contributed by atoms with E-state index in [4.69, 9.17) is 10.5 Å². The van der Waals surface area contributed by atoms with Gasteiger partial charge in [-0.15, -0.1) is 0 Å². The molecule has 0 saturated carbocycles. The predicted molar refractivity (Wildman–Crippen MR) is 67.7 cm³/mol. The maximum Gasteiger partial charge on any atom is 0.123 e. The van der Waals surface area contributed by atoms with Crippen LogP contribution in [0.3, 0.4) is 0 Å². The van der Waals surface area contributed by atoms with Crippen molar-refractivity contribution in [3.05, 3.63) is 29.3 Å². The van der Waals surface area contributed by atoms with Crippen LogP contribution in [-0.2, 0) is 0 Å². The van der Waals surface area contributed by atoms with Crippen molar-refractivity contribution in [1.82, 2.24) is 0 Å². The van der Waals surface area contributed by atoms with E-state index in [-0.39, 0.29) is 6.04 Å². The van der Waals surface area contributed by atoms with E-state index >= 15 is 0 Å². The van der Waals surface area contributed by atoms with Crippen molar-refractivity contribution in [3.8, 4) is 5.75 Å². The Morgan fingerprint density at radius 2 is 2.20 bits per heavy atom. The summed E-state index contributed by atoms with van der Waals surface area (Å²) in [7, 11) is 1.69. The zero-order chi connectivity index (χ0) is 11.3. The number of hydrogen-bond acceptors (Lipinski definition) is 3. The summed E-state index contributed by atoms with van der Waals surface area (Å²) in [4.78, 5) is 0. The Morgan fingerprint density at radius 3 is 2.80 bits per heavy atom. The summed E-state index contributed by atoms with van der Waals surface area (Å²) in [5.74, 6) is 2.93. The standard InChI is InChI=1S/C12H19NOS/c1-4-15-8-11(13)10-7-9(2)5-6-12(10)14-3/h5-7,11H,4,8,13H2,1-3H3. The molecule has 1 atom stereocenters. The lowest BCUT2D eigenvalue weighted by Crippen LogP contribution is -2.14. The van der Waals surface area contributed by atoms with E-state index < -0.39 is 0 Å². The molecule has 1 aromatic rings. The molecule has 2 nitrogen and oxygen atoms in total. The fourth-order valence-electron chi connectivity index (χ4n) is 1.48. The van der Waals surface area contributed by atoms with Crippen LogP contribution in [0.4, 0.5) is 0 Å². The summed E-state index contributed by atoms with van der Waals surface area (Å²) in [6.45, 7) is 4.22. The van der Waals surface area contributed by atoms with Crippen LogP contribution in [0, 0.1) is 6.92 Å². The summed E-state index contributed by atoms with van der Waals surface area (Å²) in [6, 6.07) is 6.20. The van der Waals surface area contributed by atoms with E-state index in [1.54, 1.807) is 7.11 Å². The van der Waals surface area contributed by atoms with Crippen LogP contribution in [0.2, 0.25) is 0 Å². The zero-order valence-electron chi connectivity index (χ0n) is 9.62. The smallest absolute Gasteiger partial charge is 0.123 e. The lowest BCUT2D eigenvalue weighted by Gasteiger charge is -2.15. The van der Waals surface area contributed by atoms with E-state index in [1.807, 2.05) is 23.9 Å². The average molecular weight is 225 g/mol. The predicted octanol–water partition coefficient (Wildman–Crippen LogP) is 2.76. The minimum absolute atomic E-state index is 0.0600. The van der Waals surface area contributed by atoms with Crippen molar-refractivity contribution in [2.24, 2.45) is 5.73 Å². The first-order chi connectivity index (χ1) is 7.19. The van der Waals surface area contributed by atoms with Crippen LogP contribution in [0.1, 0.15) is 24.1 Å². The van der Waals surface area contributed by atoms with E-state index in [0.29, 0.717) is 0 Å². The molecule has 1 aromatic carbocycles. The highest BCUT2D eigenvalue weighted by Crippen LogP contribution is 2.26. The summed E-state index contributed by atoms with van der Waals surface area (Å²) < 4.78 is 5.31. The third-order valence-electron chi connectivity index (χ3n) is 2.29. The average Bonchev–Trinajstić information content (AvgIpc) is 2.25. The Kier molecular flexibility index (Phi) is 4.99. The first-order valence-electron chi connectivity index (χ1n) is 5.17. The molecule has 0 fully saturated rings. The largest absolute Gasteiger partial charge is 0.496 e. The summed E-state index contributed by atoms with van der Waals surface area (Å²) in [5, 5.41) is 0. The van der Waals surface area contributed by atoms with Crippen molar-refractivity contribution in [3.63, 3.8) is 0 Å². The van der Waals surface area contributed by atoms with Gasteiger partial charge in [-0.25, -0.2) is 0 Å². The zero-order valence-corrected chi connectivity index (χ0v) is 10.4. The van der Waals surface area contributed by atoms with Gasteiger partial charge >= 0.3 is 0 Å². The maximum atomic E-state index is 6.13. The van der Waals surface area contributed by atoms with E-state index in [1.165, 1.54) is 5.56 Å². The molecule has 0 bridgehead atoms. The van der Waals surface area contributed by atoms with Gasteiger partial charge in [-0.05, 0) is 18.7 Å². The molecular formula is C12H19NOS. The fraction of sp³-hybridized carbons (Fsp3) is 0.500. The molecule has 0 aliphatic rings. The highest BCUT2D eigenvalue weighted by molar-refractivity contribution is 7.99. The van der Waals surface area contributed by atoms with Gasteiger partial charge < -0.3 is 10.5 Å². The minimum atomic E-state index is 0.0600. The van der Waals surface area contributed by atoms with Crippen molar-refractivity contribution < 1.29 is 4.74 Å². The third kappa shape index (κ3) is 3.43. The van der Waals surface area contributed by atoms with Crippen LogP contribution in [-0.4, -0.2) is 18.6 Å². The van der Waals surface area contributed by atoms with Crippen LogP contribution in [0.25, 0.3) is 0 Å². The van der Waals surface area contributed by atoms with Crippen LogP contribution in [0.15, 0.2) is 18.2 Å². The molecule has 0 aliphatic carbocycles. The number of thioether (sulfide) groups is 1. The number of benzene rings is 1.